The van der Waals surface area contributed by atoms with Crippen LogP contribution < -0.4 is 10.2 Å². The number of rotatable bonds is 5. The molecule has 2 rings (SSSR count). The molecule has 21 heavy (non-hydrogen) atoms. The quantitative estimate of drug-likeness (QED) is 0.905. The number of carbonyl (C=O) groups is 1. The van der Waals surface area contributed by atoms with E-state index in [1.165, 1.54) is 30.4 Å². The van der Waals surface area contributed by atoms with E-state index < -0.39 is 5.82 Å². The predicted octanol–water partition coefficient (Wildman–Crippen LogP) is 3.92. The largest absolute Gasteiger partial charge is 0.379 e. The number of amides is 1. The van der Waals surface area contributed by atoms with E-state index in [-0.39, 0.29) is 10.9 Å². The Morgan fingerprint density at radius 3 is 2.90 bits per heavy atom. The highest BCUT2D eigenvalue weighted by atomic mass is 35.5. The van der Waals surface area contributed by atoms with Gasteiger partial charge in [0, 0.05) is 24.5 Å². The normalized spacial score (nSPS) is 10.5. The van der Waals surface area contributed by atoms with Gasteiger partial charge in [0.2, 0.25) is 5.91 Å². The van der Waals surface area contributed by atoms with Crippen molar-refractivity contribution in [3.8, 4) is 0 Å². The number of hydrogen-bond donors (Lipinski definition) is 1. The van der Waals surface area contributed by atoms with Crippen LogP contribution in [0.1, 0.15) is 19.5 Å². The molecule has 1 heterocycles. The van der Waals surface area contributed by atoms with E-state index in [0.29, 0.717) is 23.9 Å². The SMILES string of the molecule is CCN(C(C)=O)c1nc(CNc2ccc(Cl)c(F)c2)cs1. The standard InChI is InChI=1S/C14H15ClFN3OS/c1-3-19(9(2)20)14-18-11(8-21-14)7-17-10-4-5-12(15)13(16)6-10/h4-6,8,17H,3,7H2,1-2H3. The van der Waals surface area contributed by atoms with Gasteiger partial charge in [-0.25, -0.2) is 9.37 Å². The Kier molecular flexibility index (Phi) is 5.14. The predicted molar refractivity (Wildman–Crippen MR) is 84.6 cm³/mol. The first kappa shape index (κ1) is 15.7. The van der Waals surface area contributed by atoms with Crippen LogP contribution in [0.5, 0.6) is 0 Å². The third-order valence-corrected chi connectivity index (χ3v) is 4.08. The van der Waals surface area contributed by atoms with Gasteiger partial charge in [-0.3, -0.25) is 9.69 Å². The van der Waals surface area contributed by atoms with E-state index in [1.807, 2.05) is 12.3 Å². The van der Waals surface area contributed by atoms with Crippen LogP contribution in [0.25, 0.3) is 0 Å². The molecule has 1 aromatic carbocycles. The molecule has 112 valence electrons. The van der Waals surface area contributed by atoms with Crippen LogP contribution in [0, 0.1) is 5.82 Å². The minimum atomic E-state index is -0.464. The van der Waals surface area contributed by atoms with Crippen molar-refractivity contribution in [2.45, 2.75) is 20.4 Å². The van der Waals surface area contributed by atoms with Gasteiger partial charge in [-0.1, -0.05) is 11.6 Å². The third-order valence-electron chi connectivity index (χ3n) is 2.86. The summed E-state index contributed by atoms with van der Waals surface area (Å²) in [6.07, 6.45) is 0. The zero-order valence-electron chi connectivity index (χ0n) is 11.7. The molecule has 0 bridgehead atoms. The molecule has 0 spiro atoms. The van der Waals surface area contributed by atoms with Crippen LogP contribution in [-0.2, 0) is 11.3 Å². The van der Waals surface area contributed by atoms with Gasteiger partial charge in [-0.2, -0.15) is 0 Å². The van der Waals surface area contributed by atoms with Gasteiger partial charge in [0.05, 0.1) is 17.3 Å². The van der Waals surface area contributed by atoms with Crippen molar-refractivity contribution < 1.29 is 9.18 Å². The summed E-state index contributed by atoms with van der Waals surface area (Å²) in [5.74, 6) is -0.500. The Labute approximate surface area is 131 Å². The van der Waals surface area contributed by atoms with Gasteiger partial charge in [0.25, 0.3) is 0 Å². The van der Waals surface area contributed by atoms with Gasteiger partial charge in [0.1, 0.15) is 5.82 Å². The number of anilines is 2. The molecule has 0 fully saturated rings. The number of nitrogens with zero attached hydrogens (tertiary/aromatic N) is 2. The molecule has 0 radical (unpaired) electrons. The fraction of sp³-hybridized carbons (Fsp3) is 0.286. The maximum absolute atomic E-state index is 13.3. The maximum atomic E-state index is 13.3. The van der Waals surface area contributed by atoms with Crippen molar-refractivity contribution in [2.24, 2.45) is 0 Å². The maximum Gasteiger partial charge on any atom is 0.225 e. The highest BCUT2D eigenvalue weighted by Gasteiger charge is 2.13. The Morgan fingerprint density at radius 2 is 2.29 bits per heavy atom. The van der Waals surface area contributed by atoms with Crippen LogP contribution in [0.2, 0.25) is 5.02 Å². The Balaban J connectivity index is 2.02. The minimum Gasteiger partial charge on any atom is -0.379 e. The van der Waals surface area contributed by atoms with Crippen LogP contribution >= 0.6 is 22.9 Å². The van der Waals surface area contributed by atoms with E-state index in [2.05, 4.69) is 10.3 Å². The lowest BCUT2D eigenvalue weighted by atomic mass is 10.3. The molecule has 0 atom stereocenters. The lowest BCUT2D eigenvalue weighted by molar-refractivity contribution is -0.116. The van der Waals surface area contributed by atoms with Gasteiger partial charge in [-0.05, 0) is 25.1 Å². The number of thiazole rings is 1. The molecule has 1 aromatic heterocycles. The topological polar surface area (TPSA) is 45.2 Å². The Bertz CT molecular complexity index is 647. The summed E-state index contributed by atoms with van der Waals surface area (Å²) in [6.45, 7) is 4.45. The smallest absolute Gasteiger partial charge is 0.225 e. The summed E-state index contributed by atoms with van der Waals surface area (Å²) in [7, 11) is 0. The minimum absolute atomic E-state index is 0.0360. The molecule has 1 N–H and O–H groups in total. The first-order valence-corrected chi connectivity index (χ1v) is 7.68. The van der Waals surface area contributed by atoms with Gasteiger partial charge in [0.15, 0.2) is 5.13 Å². The van der Waals surface area contributed by atoms with Crippen LogP contribution in [0.15, 0.2) is 23.6 Å². The number of nitrogens with one attached hydrogen (secondary N) is 1. The fourth-order valence-corrected chi connectivity index (χ4v) is 2.84. The van der Waals surface area contributed by atoms with Crippen LogP contribution in [0.4, 0.5) is 15.2 Å². The average molecular weight is 328 g/mol. The molecule has 7 heteroatoms. The molecular weight excluding hydrogens is 313 g/mol. The first-order valence-electron chi connectivity index (χ1n) is 6.42. The van der Waals surface area contributed by atoms with Crippen molar-refractivity contribution in [3.05, 3.63) is 40.1 Å². The summed E-state index contributed by atoms with van der Waals surface area (Å²) < 4.78 is 13.3. The lowest BCUT2D eigenvalue weighted by Crippen LogP contribution is -2.27. The summed E-state index contributed by atoms with van der Waals surface area (Å²) >= 11 is 7.04. The molecule has 0 unspecified atom stereocenters. The fourth-order valence-electron chi connectivity index (χ4n) is 1.79. The Hall–Kier alpha value is -1.66. The molecule has 4 nitrogen and oxygen atoms in total. The average Bonchev–Trinajstić information content (AvgIpc) is 2.89. The molecule has 2 aromatic rings. The van der Waals surface area contributed by atoms with E-state index in [9.17, 15) is 9.18 Å². The lowest BCUT2D eigenvalue weighted by Gasteiger charge is -2.14. The highest BCUT2D eigenvalue weighted by Crippen LogP contribution is 2.22. The van der Waals surface area contributed by atoms with Crippen molar-refractivity contribution in [2.75, 3.05) is 16.8 Å². The molecular formula is C14H15ClFN3OS. The third kappa shape index (κ3) is 3.92. The molecule has 0 saturated heterocycles. The first-order chi connectivity index (χ1) is 10.0. The number of halogens is 2. The molecule has 1 amide bonds. The van der Waals surface area contributed by atoms with E-state index >= 15 is 0 Å². The summed E-state index contributed by atoms with van der Waals surface area (Å²) in [5.41, 5.74) is 1.43. The number of carbonyl (C=O) groups excluding carboxylic acids is 1. The van der Waals surface area contributed by atoms with Gasteiger partial charge < -0.3 is 5.32 Å². The zero-order valence-corrected chi connectivity index (χ0v) is 13.3. The van der Waals surface area contributed by atoms with E-state index in [1.54, 1.807) is 11.0 Å². The van der Waals surface area contributed by atoms with Crippen molar-refractivity contribution in [3.63, 3.8) is 0 Å². The van der Waals surface area contributed by atoms with Crippen LogP contribution in [0.3, 0.4) is 0 Å². The Morgan fingerprint density at radius 1 is 1.52 bits per heavy atom. The molecule has 0 aliphatic carbocycles. The van der Waals surface area contributed by atoms with E-state index in [4.69, 9.17) is 11.6 Å². The summed E-state index contributed by atoms with van der Waals surface area (Å²) in [6, 6.07) is 4.54. The second-order valence-electron chi connectivity index (χ2n) is 4.37. The second-order valence-corrected chi connectivity index (χ2v) is 5.61. The summed E-state index contributed by atoms with van der Waals surface area (Å²) in [5, 5.41) is 5.71. The van der Waals surface area contributed by atoms with Gasteiger partial charge >= 0.3 is 0 Å². The van der Waals surface area contributed by atoms with Crippen molar-refractivity contribution >= 4 is 39.7 Å². The molecule has 0 aliphatic rings. The van der Waals surface area contributed by atoms with E-state index in [0.717, 1.165) is 5.69 Å². The van der Waals surface area contributed by atoms with Gasteiger partial charge in [-0.15, -0.1) is 11.3 Å². The monoisotopic (exact) mass is 327 g/mol. The summed E-state index contributed by atoms with van der Waals surface area (Å²) in [4.78, 5) is 17.5. The van der Waals surface area contributed by atoms with Crippen molar-refractivity contribution in [1.29, 1.82) is 0 Å². The molecule has 0 aliphatic heterocycles. The van der Waals surface area contributed by atoms with Crippen LogP contribution in [-0.4, -0.2) is 17.4 Å². The zero-order chi connectivity index (χ0) is 15.4. The highest BCUT2D eigenvalue weighted by molar-refractivity contribution is 7.14. The number of hydrogen-bond acceptors (Lipinski definition) is 4. The molecule has 0 saturated carbocycles. The second kappa shape index (κ2) is 6.87. The number of benzene rings is 1. The number of aromatic nitrogens is 1. The van der Waals surface area contributed by atoms with Crippen molar-refractivity contribution in [1.82, 2.24) is 4.98 Å².